The highest BCUT2D eigenvalue weighted by molar-refractivity contribution is 7.99. The molecule has 0 saturated carbocycles. The third-order valence-corrected chi connectivity index (χ3v) is 3.96. The first-order valence-corrected chi connectivity index (χ1v) is 7.87. The lowest BCUT2D eigenvalue weighted by Gasteiger charge is -2.09. The number of nitrogen functional groups attached to an aromatic ring is 1. The molecule has 8 heteroatoms. The molecule has 21 heavy (non-hydrogen) atoms. The van der Waals surface area contributed by atoms with E-state index in [-0.39, 0.29) is 5.56 Å². The average molecular weight is 325 g/mol. The van der Waals surface area contributed by atoms with Crippen LogP contribution in [0.3, 0.4) is 0 Å². The monoisotopic (exact) mass is 325 g/mol. The van der Waals surface area contributed by atoms with Gasteiger partial charge in [-0.25, -0.2) is 4.79 Å². The maximum atomic E-state index is 11.8. The highest BCUT2D eigenvalue weighted by atomic mass is 32.3. The van der Waals surface area contributed by atoms with Crippen LogP contribution in [0.2, 0.25) is 0 Å². The fraction of sp³-hybridized carbons (Fsp3) is 0. The van der Waals surface area contributed by atoms with E-state index in [2.05, 4.69) is 4.18 Å². The molecule has 0 bridgehead atoms. The van der Waals surface area contributed by atoms with E-state index in [1.807, 2.05) is 0 Å². The number of anilines is 1. The molecule has 2 aromatic rings. The number of benzene rings is 2. The predicted molar refractivity (Wildman–Crippen MR) is 78.4 cm³/mol. The minimum Gasteiger partial charge on any atom is -0.398 e. The molecule has 0 spiro atoms. The Kier molecular flexibility index (Phi) is 4.51. The molecule has 3 N–H and O–H groups in total. The van der Waals surface area contributed by atoms with Crippen LogP contribution in [0.15, 0.2) is 58.3 Å². The Labute approximate surface area is 125 Å². The molecule has 0 heterocycles. The van der Waals surface area contributed by atoms with Gasteiger partial charge in [0.1, 0.15) is 0 Å². The van der Waals surface area contributed by atoms with Crippen molar-refractivity contribution in [1.29, 1.82) is 0 Å². The summed E-state index contributed by atoms with van der Waals surface area (Å²) in [6.45, 7) is 0. The van der Waals surface area contributed by atoms with Crippen molar-refractivity contribution in [1.82, 2.24) is 0 Å². The molecule has 0 radical (unpaired) electrons. The number of hydrogen-bond donors (Lipinski definition) is 2. The summed E-state index contributed by atoms with van der Waals surface area (Å²) in [6.07, 6.45) is 0. The molecule has 0 aromatic heterocycles. The zero-order valence-corrected chi connectivity index (χ0v) is 12.2. The largest absolute Gasteiger partial charge is 0.449 e. The van der Waals surface area contributed by atoms with E-state index in [1.165, 1.54) is 17.8 Å². The Morgan fingerprint density at radius 3 is 2.24 bits per heavy atom. The van der Waals surface area contributed by atoms with Crippen molar-refractivity contribution in [3.8, 4) is 0 Å². The fourth-order valence-corrected chi connectivity index (χ4v) is 2.82. The lowest BCUT2D eigenvalue weighted by Crippen LogP contribution is -2.12. The molecule has 0 atom stereocenters. The Balaban J connectivity index is 2.34. The molecule has 0 aliphatic heterocycles. The van der Waals surface area contributed by atoms with Crippen molar-refractivity contribution in [2.75, 3.05) is 5.73 Å². The highest BCUT2D eigenvalue weighted by Crippen LogP contribution is 2.34. The second-order valence-electron chi connectivity index (χ2n) is 3.93. The number of carbonyl (C=O) groups excluding carboxylic acids is 1. The lowest BCUT2D eigenvalue weighted by atomic mass is 10.2. The van der Waals surface area contributed by atoms with Crippen molar-refractivity contribution in [3.63, 3.8) is 0 Å². The standard InChI is InChI=1S/C13H11NO5S2/c14-10-6-2-4-8-12(10)20-11-7-3-1-5-9(11)13(15)19-21(16,17)18/h1-8H,14H2,(H,16,17,18). The maximum absolute atomic E-state index is 11.8. The van der Waals surface area contributed by atoms with Crippen molar-refractivity contribution in [2.45, 2.75) is 9.79 Å². The van der Waals surface area contributed by atoms with Crippen molar-refractivity contribution in [2.24, 2.45) is 0 Å². The molecule has 6 nitrogen and oxygen atoms in total. The first kappa shape index (κ1) is 15.4. The second-order valence-corrected chi connectivity index (χ2v) is 6.04. The van der Waals surface area contributed by atoms with Crippen LogP contribution in [0.1, 0.15) is 10.4 Å². The van der Waals surface area contributed by atoms with Gasteiger partial charge in [-0.2, -0.15) is 8.42 Å². The van der Waals surface area contributed by atoms with Crippen LogP contribution in [0.4, 0.5) is 5.69 Å². The molecule has 110 valence electrons. The van der Waals surface area contributed by atoms with Crippen molar-refractivity contribution in [3.05, 3.63) is 54.1 Å². The van der Waals surface area contributed by atoms with E-state index in [0.717, 1.165) is 0 Å². The number of para-hydroxylation sites is 1. The van der Waals surface area contributed by atoms with Gasteiger partial charge in [-0.3, -0.25) is 4.55 Å². The van der Waals surface area contributed by atoms with E-state index in [1.54, 1.807) is 42.5 Å². The third-order valence-electron chi connectivity index (χ3n) is 2.43. The number of rotatable bonds is 4. The molecule has 0 unspecified atom stereocenters. The summed E-state index contributed by atoms with van der Waals surface area (Å²) in [6, 6.07) is 13.3. The van der Waals surface area contributed by atoms with Crippen LogP contribution < -0.4 is 5.73 Å². The van der Waals surface area contributed by atoms with Crippen LogP contribution in [-0.4, -0.2) is 18.9 Å². The van der Waals surface area contributed by atoms with Crippen molar-refractivity contribution < 1.29 is 21.9 Å². The van der Waals surface area contributed by atoms with Gasteiger partial charge < -0.3 is 9.92 Å². The quantitative estimate of drug-likeness (QED) is 0.656. The Bertz CT molecular complexity index is 774. The van der Waals surface area contributed by atoms with Gasteiger partial charge in [-0.05, 0) is 24.3 Å². The van der Waals surface area contributed by atoms with E-state index >= 15 is 0 Å². The predicted octanol–water partition coefficient (Wildman–Crippen LogP) is 2.38. The molecule has 2 rings (SSSR count). The summed E-state index contributed by atoms with van der Waals surface area (Å²) in [5.74, 6) is -1.16. The summed E-state index contributed by atoms with van der Waals surface area (Å²) < 4.78 is 33.8. The normalized spacial score (nSPS) is 11.1. The third kappa shape index (κ3) is 4.22. The summed E-state index contributed by atoms with van der Waals surface area (Å²) in [4.78, 5) is 12.9. The minimum absolute atomic E-state index is 0.0170. The zero-order valence-electron chi connectivity index (χ0n) is 10.6. The topological polar surface area (TPSA) is 107 Å². The van der Waals surface area contributed by atoms with Crippen LogP contribution in [-0.2, 0) is 14.6 Å². The highest BCUT2D eigenvalue weighted by Gasteiger charge is 2.19. The average Bonchev–Trinajstić information content (AvgIpc) is 2.40. The van der Waals surface area contributed by atoms with Crippen LogP contribution in [0.5, 0.6) is 0 Å². The van der Waals surface area contributed by atoms with Gasteiger partial charge in [0.25, 0.3) is 0 Å². The van der Waals surface area contributed by atoms with Gasteiger partial charge in [0.15, 0.2) is 0 Å². The van der Waals surface area contributed by atoms with Gasteiger partial charge >= 0.3 is 16.4 Å². The van der Waals surface area contributed by atoms with Crippen LogP contribution in [0, 0.1) is 0 Å². The number of hydrogen-bond acceptors (Lipinski definition) is 6. The molecule has 0 saturated heterocycles. The second kappa shape index (κ2) is 6.17. The first-order chi connectivity index (χ1) is 9.87. The SMILES string of the molecule is Nc1ccccc1Sc1ccccc1C(=O)OS(=O)(=O)O. The Hall–Kier alpha value is -2.03. The maximum Gasteiger partial charge on any atom is 0.449 e. The number of nitrogens with two attached hydrogens (primary N) is 1. The molecule has 0 fully saturated rings. The summed E-state index contributed by atoms with van der Waals surface area (Å²) in [5.41, 5.74) is 6.37. The summed E-state index contributed by atoms with van der Waals surface area (Å²) >= 11 is 1.19. The molecule has 0 aliphatic rings. The van der Waals surface area contributed by atoms with E-state index < -0.39 is 16.4 Å². The van der Waals surface area contributed by atoms with Gasteiger partial charge in [0.05, 0.1) is 5.56 Å². The summed E-state index contributed by atoms with van der Waals surface area (Å²) in [7, 11) is -4.85. The van der Waals surface area contributed by atoms with E-state index in [4.69, 9.17) is 10.3 Å². The Morgan fingerprint density at radius 1 is 1.05 bits per heavy atom. The molecule has 0 aliphatic carbocycles. The molecular formula is C13H11NO5S2. The first-order valence-electron chi connectivity index (χ1n) is 5.69. The van der Waals surface area contributed by atoms with Gasteiger partial charge in [-0.1, -0.05) is 36.0 Å². The van der Waals surface area contributed by atoms with Gasteiger partial charge in [-0.15, -0.1) is 0 Å². The smallest absolute Gasteiger partial charge is 0.398 e. The Morgan fingerprint density at radius 2 is 1.62 bits per heavy atom. The van der Waals surface area contributed by atoms with E-state index in [9.17, 15) is 13.2 Å². The minimum atomic E-state index is -4.85. The zero-order chi connectivity index (χ0) is 15.5. The molecular weight excluding hydrogens is 314 g/mol. The van der Waals surface area contributed by atoms with Crippen LogP contribution >= 0.6 is 11.8 Å². The van der Waals surface area contributed by atoms with Gasteiger partial charge in [0, 0.05) is 15.5 Å². The van der Waals surface area contributed by atoms with Gasteiger partial charge in [0.2, 0.25) is 0 Å². The van der Waals surface area contributed by atoms with Crippen LogP contribution in [0.25, 0.3) is 0 Å². The summed E-state index contributed by atoms with van der Waals surface area (Å²) in [5, 5.41) is 0. The van der Waals surface area contributed by atoms with E-state index in [0.29, 0.717) is 15.5 Å². The fourth-order valence-electron chi connectivity index (χ4n) is 1.56. The lowest BCUT2D eigenvalue weighted by molar-refractivity contribution is 0.0724. The molecule has 2 aromatic carbocycles. The van der Waals surface area contributed by atoms with Crippen molar-refractivity contribution >= 4 is 33.8 Å². The number of carbonyl (C=O) groups is 1. The molecule has 0 amide bonds.